The number of nitrogens with zero attached hydrogens (tertiary/aromatic N) is 6. The van der Waals surface area contributed by atoms with Crippen LogP contribution in [0.2, 0.25) is 0 Å². The Morgan fingerprint density at radius 1 is 0.642 bits per heavy atom. The molecule has 0 unspecified atom stereocenters. The van der Waals surface area contributed by atoms with Crippen molar-refractivity contribution in [2.75, 3.05) is 11.1 Å². The highest BCUT2D eigenvalue weighted by Gasteiger charge is 2.63. The molecule has 67 heavy (non-hydrogen) atoms. The fourth-order valence-corrected chi connectivity index (χ4v) is 17.4. The fraction of sp³-hybridized carbons (Fsp3) is 0.870. The van der Waals surface area contributed by atoms with E-state index in [0.29, 0.717) is 59.0 Å². The Morgan fingerprint density at radius 2 is 1.06 bits per heavy atom. The smallest absolute Gasteiger partial charge is 0.222 e. The lowest BCUT2D eigenvalue weighted by Gasteiger charge is -2.61. The summed E-state index contributed by atoms with van der Waals surface area (Å²) in [6.07, 6.45) is 23.1. The van der Waals surface area contributed by atoms with Gasteiger partial charge in [0, 0.05) is 20.1 Å². The lowest BCUT2D eigenvalue weighted by atomic mass is 9.44. The molecule has 0 radical (unpaired) electrons. The van der Waals surface area contributed by atoms with Gasteiger partial charge >= 0.3 is 0 Å². The van der Waals surface area contributed by atoms with Crippen LogP contribution in [0.5, 0.6) is 0 Å². The molecule has 0 saturated heterocycles. The number of carbonyl (C=O) groups is 3. The Hall–Kier alpha value is -3.19. The molecule has 8 aliphatic carbocycles. The zero-order chi connectivity index (χ0) is 47.6. The highest BCUT2D eigenvalue weighted by Crippen LogP contribution is 2.70. The molecular weight excluding hydrogens is 841 g/mol. The molecule has 8 saturated carbocycles. The van der Waals surface area contributed by atoms with Gasteiger partial charge in [-0.2, -0.15) is 19.8 Å². The summed E-state index contributed by atoms with van der Waals surface area (Å²) in [5.41, 5.74) is 5.59. The normalized spacial score (nSPS) is 43.6. The van der Waals surface area contributed by atoms with Crippen molar-refractivity contribution in [1.29, 1.82) is 0 Å². The first-order valence-corrected chi connectivity index (χ1v) is 25.7. The molecule has 0 spiro atoms. The summed E-state index contributed by atoms with van der Waals surface area (Å²) in [4.78, 5) is 40.8. The molecule has 2 aromatic heterocycles. The number of hydrogen-bond acceptors (Lipinski definition) is 10. The van der Waals surface area contributed by atoms with Crippen LogP contribution < -0.4 is 11.1 Å². The van der Waals surface area contributed by atoms with Crippen molar-refractivity contribution in [2.45, 2.75) is 217 Å². The third-order valence-corrected chi connectivity index (χ3v) is 20.7. The van der Waals surface area contributed by atoms with E-state index in [1.807, 2.05) is 13.8 Å². The monoisotopic (exact) mass is 934 g/mol. The van der Waals surface area contributed by atoms with Gasteiger partial charge in [-0.05, 0) is 198 Å². The van der Waals surface area contributed by atoms with Crippen LogP contribution in [0.4, 0.5) is 11.6 Å². The predicted octanol–water partition coefficient (Wildman–Crippen LogP) is 10.4. The molecule has 0 bridgehead atoms. The molecule has 8 fully saturated rings. The number of nitrogen functional groups attached to an aromatic ring is 1. The maximum atomic E-state index is 13.4. The van der Waals surface area contributed by atoms with Gasteiger partial charge in [0.05, 0.1) is 23.6 Å². The van der Waals surface area contributed by atoms with Crippen LogP contribution in [-0.2, 0) is 27.5 Å². The Labute approximate surface area is 405 Å². The third kappa shape index (κ3) is 9.69. The van der Waals surface area contributed by atoms with Gasteiger partial charge in [-0.3, -0.25) is 14.4 Å². The highest BCUT2D eigenvalue weighted by atomic mass is 16.3. The lowest BCUT2D eigenvalue weighted by Crippen LogP contribution is -2.55. The molecule has 16 atom stereocenters. The minimum absolute atomic E-state index is 0. The number of rotatable bonds is 7. The number of aliphatic hydroxyl groups is 2. The molecule has 1 amide bonds. The Morgan fingerprint density at radius 3 is 1.48 bits per heavy atom. The summed E-state index contributed by atoms with van der Waals surface area (Å²) in [6.45, 7) is 18.0. The van der Waals surface area contributed by atoms with Gasteiger partial charge in [0.1, 0.15) is 13.1 Å². The number of nitrogens with one attached hydrogen (secondary N) is 1. The van der Waals surface area contributed by atoms with Crippen LogP contribution in [0.25, 0.3) is 0 Å². The van der Waals surface area contributed by atoms with Gasteiger partial charge < -0.3 is 21.3 Å². The molecule has 5 N–H and O–H groups in total. The zero-order valence-corrected chi connectivity index (χ0v) is 41.2. The number of fused-ring (bicyclic) bond motifs is 10. The Kier molecular flexibility index (Phi) is 15.1. The number of carbonyl (C=O) groups excluding carboxylic acids is 3. The van der Waals surface area contributed by atoms with Crippen molar-refractivity contribution in [3.63, 3.8) is 0 Å². The minimum atomic E-state index is -0.495. The van der Waals surface area contributed by atoms with Crippen molar-refractivity contribution in [1.82, 2.24) is 30.0 Å². The number of aromatic nitrogens is 6. The molecule has 8 aliphatic rings. The molecule has 0 aliphatic heterocycles. The first-order chi connectivity index (χ1) is 31.1. The molecule has 378 valence electrons. The molecule has 0 aromatic carbocycles. The summed E-state index contributed by atoms with van der Waals surface area (Å²) < 4.78 is 6.21. The van der Waals surface area contributed by atoms with Gasteiger partial charge in [-0.15, -0.1) is 10.2 Å². The van der Waals surface area contributed by atoms with Crippen molar-refractivity contribution in [3.05, 3.63) is 12.4 Å². The number of anilines is 2. The number of ketones is 2. The van der Waals surface area contributed by atoms with E-state index < -0.39 is 11.2 Å². The number of amides is 1. The molecule has 2 heterocycles. The molecule has 13 nitrogen and oxygen atoms in total. The zero-order valence-electron chi connectivity index (χ0n) is 42.2. The first kappa shape index (κ1) is 51.7. The van der Waals surface area contributed by atoms with E-state index in [-0.39, 0.29) is 68.1 Å². The average Bonchev–Trinajstić information content (AvgIpc) is 4.03. The maximum Gasteiger partial charge on any atom is 0.222 e. The van der Waals surface area contributed by atoms with E-state index in [1.54, 1.807) is 6.92 Å². The van der Waals surface area contributed by atoms with E-state index in [0.717, 1.165) is 88.4 Å². The van der Waals surface area contributed by atoms with Crippen molar-refractivity contribution in [3.8, 4) is 0 Å². The van der Waals surface area contributed by atoms with Crippen LogP contribution in [0.1, 0.15) is 194 Å². The van der Waals surface area contributed by atoms with Crippen LogP contribution >= 0.6 is 0 Å². The van der Waals surface area contributed by atoms with E-state index in [4.69, 9.17) is 7.10 Å². The quantitative estimate of drug-likeness (QED) is 0.208. The van der Waals surface area contributed by atoms with Crippen molar-refractivity contribution in [2.24, 2.45) is 80.8 Å². The summed E-state index contributed by atoms with van der Waals surface area (Å²) >= 11 is 0. The van der Waals surface area contributed by atoms with E-state index in [1.165, 1.54) is 73.9 Å². The van der Waals surface area contributed by atoms with Crippen LogP contribution in [0.15, 0.2) is 12.4 Å². The Bertz CT molecular complexity index is 2090. The van der Waals surface area contributed by atoms with Gasteiger partial charge in [0.25, 0.3) is 0 Å². The third-order valence-electron chi connectivity index (χ3n) is 20.7. The standard InChI is InChI=1S/C26H40N4O3.C24H38N4O2.C2H6.2CH4/c1-16(31)28-23-14-27-30(29-23)15-22(32)21-8-7-19-18-6-5-17-13-24(2,33)11-12-25(17,3)20(18)9-10-26(19,21)4;1-22(30)10-11-23(2)15(12-22)4-5-16-17-6-7-19(24(17,3)9-8-18(16)23)20(29)14-28-26-13-21(25)27-28;1-2;;/h14,17-21,33H,5-13,15H2,1-4H3,(H,28,29,31);13,15-19,30H,4-12,14H2,1-3H3,(H2,25,27);1-2H3;2*1H4/t17-,18+,19+,20+,21-,24-,25+,26+;15-,16+,17+,18+,19-,22-,23+,24+;;;/m11.../s1/i;;1D;;. The number of hydrogen-bond donors (Lipinski definition) is 4. The first-order valence-electron chi connectivity index (χ1n) is 26.4. The van der Waals surface area contributed by atoms with Crippen LogP contribution in [-0.4, -0.2) is 68.9 Å². The average molecular weight is 934 g/mol. The topological polar surface area (TPSA) is 191 Å². The second kappa shape index (κ2) is 19.5. The molecular formula is C54H92N8O5. The molecule has 2 aromatic rings. The van der Waals surface area contributed by atoms with E-state index in [9.17, 15) is 24.6 Å². The number of Topliss-reactive ketones (excluding diaryl/α,β-unsaturated/α-hetero) is 2. The van der Waals surface area contributed by atoms with E-state index in [2.05, 4.69) is 53.4 Å². The summed E-state index contributed by atoms with van der Waals surface area (Å²) in [7, 11) is 0. The fourth-order valence-electron chi connectivity index (χ4n) is 17.4. The van der Waals surface area contributed by atoms with Gasteiger partial charge in [0.2, 0.25) is 5.91 Å². The maximum absolute atomic E-state index is 13.4. The minimum Gasteiger partial charge on any atom is -0.390 e. The van der Waals surface area contributed by atoms with Crippen LogP contribution in [0, 0.1) is 80.8 Å². The molecule has 13 heteroatoms. The lowest BCUT2D eigenvalue weighted by molar-refractivity contribution is -0.151. The Balaban J connectivity index is 0.000000207. The van der Waals surface area contributed by atoms with Crippen molar-refractivity contribution >= 4 is 29.1 Å². The second-order valence-corrected chi connectivity index (χ2v) is 24.2. The number of nitrogens with two attached hydrogens (primary N) is 1. The van der Waals surface area contributed by atoms with E-state index >= 15 is 0 Å². The molecule has 10 rings (SSSR count). The largest absolute Gasteiger partial charge is 0.390 e. The summed E-state index contributed by atoms with van der Waals surface area (Å²) in [5.74, 6) is 6.76. The summed E-state index contributed by atoms with van der Waals surface area (Å²) in [5, 5.41) is 40.7. The van der Waals surface area contributed by atoms with Crippen molar-refractivity contribution < 1.29 is 26.0 Å². The SMILES string of the molecule is C.C.CC(=O)Nc1cnn(CC(=O)[C@H]2CC[C@H]3[C@@H]4CC[C@@H]5C[C@](C)(O)CC[C@]5(C)[C@H]4CC[C@]23C)n1.C[C@@]1(O)CC[C@@]2(C)[C@H](CC[C@@H]3[C@@H]2CC[C@]2(C)[C@@H](C(=O)Cn4ncc(N)n4)CC[C@@H]32)C1.[2H]CC. The van der Waals surface area contributed by atoms with Gasteiger partial charge in [-0.25, -0.2) is 0 Å². The summed E-state index contributed by atoms with van der Waals surface area (Å²) in [6, 6.07) is 0. The highest BCUT2D eigenvalue weighted by molar-refractivity contribution is 5.87. The van der Waals surface area contributed by atoms with Gasteiger partial charge in [0.15, 0.2) is 23.2 Å². The van der Waals surface area contributed by atoms with Gasteiger partial charge in [-0.1, -0.05) is 56.4 Å². The second-order valence-electron chi connectivity index (χ2n) is 24.2. The predicted molar refractivity (Wildman–Crippen MR) is 265 cm³/mol. The van der Waals surface area contributed by atoms with Crippen LogP contribution in [0.3, 0.4) is 0 Å².